The third-order valence-corrected chi connectivity index (χ3v) is 3.44. The van der Waals surface area contributed by atoms with Crippen LogP contribution in [0.25, 0.3) is 0 Å². The highest BCUT2D eigenvalue weighted by Crippen LogP contribution is 2.19. The van der Waals surface area contributed by atoms with Gasteiger partial charge in [0.15, 0.2) is 0 Å². The average molecular weight is 397 g/mol. The molecular weight excluding hydrogens is 376 g/mol. The zero-order valence-corrected chi connectivity index (χ0v) is 15.3. The maximum Gasteiger partial charge on any atom is 0.321 e. The van der Waals surface area contributed by atoms with E-state index in [9.17, 15) is 14.4 Å². The van der Waals surface area contributed by atoms with Crippen LogP contribution in [0.5, 0.6) is 0 Å². The van der Waals surface area contributed by atoms with Gasteiger partial charge in [0, 0.05) is 16.7 Å². The Kier molecular flexibility index (Phi) is 8.14. The number of anilines is 1. The van der Waals surface area contributed by atoms with Crippen molar-refractivity contribution < 1.29 is 14.4 Å². The van der Waals surface area contributed by atoms with E-state index in [4.69, 9.17) is 0 Å². The van der Waals surface area contributed by atoms with Gasteiger partial charge in [-0.15, -0.1) is 6.58 Å². The lowest BCUT2D eigenvalue weighted by atomic mass is 10.2. The predicted molar refractivity (Wildman–Crippen MR) is 96.7 cm³/mol. The summed E-state index contributed by atoms with van der Waals surface area (Å²) in [5.41, 5.74) is 1.64. The lowest BCUT2D eigenvalue weighted by Gasteiger charge is -2.16. The monoisotopic (exact) mass is 396 g/mol. The number of amides is 4. The topological polar surface area (TPSA) is 90.5 Å². The van der Waals surface area contributed by atoms with Crippen molar-refractivity contribution in [2.24, 2.45) is 0 Å². The molecule has 3 N–H and O–H groups in total. The fraction of sp³-hybridized carbons (Fsp3) is 0.312. The lowest BCUT2D eigenvalue weighted by Crippen LogP contribution is -2.45. The summed E-state index contributed by atoms with van der Waals surface area (Å²) in [7, 11) is 1.62. The number of nitrogens with one attached hydrogen (secondary N) is 3. The molecule has 4 amide bonds. The Morgan fingerprint density at radius 1 is 1.25 bits per heavy atom. The van der Waals surface area contributed by atoms with Crippen molar-refractivity contribution in [1.29, 1.82) is 0 Å². The minimum absolute atomic E-state index is 0.0250. The standard InChI is InChI=1S/C16H21BrN4O3/c1-4-7-18-16(24)20-15(23)10-21(3)9-14(22)19-13-6-5-12(17)8-11(13)2/h4-6,8H,1,7,9-10H2,2-3H3,(H,19,22)(H2,18,20,23,24). The Hall–Kier alpha value is -2.19. The van der Waals surface area contributed by atoms with Crippen LogP contribution in [0.3, 0.4) is 0 Å². The Morgan fingerprint density at radius 2 is 1.92 bits per heavy atom. The highest BCUT2D eigenvalue weighted by molar-refractivity contribution is 9.10. The van der Waals surface area contributed by atoms with E-state index in [1.54, 1.807) is 13.1 Å². The maximum absolute atomic E-state index is 12.0. The summed E-state index contributed by atoms with van der Waals surface area (Å²) < 4.78 is 0.932. The molecule has 8 heteroatoms. The molecule has 0 unspecified atom stereocenters. The molecule has 0 saturated carbocycles. The Balaban J connectivity index is 2.42. The van der Waals surface area contributed by atoms with Crippen molar-refractivity contribution in [1.82, 2.24) is 15.5 Å². The molecule has 24 heavy (non-hydrogen) atoms. The van der Waals surface area contributed by atoms with Crippen LogP contribution in [0.2, 0.25) is 0 Å². The number of hydrogen-bond acceptors (Lipinski definition) is 4. The molecule has 0 aliphatic rings. The molecule has 0 bridgehead atoms. The number of hydrogen-bond donors (Lipinski definition) is 3. The van der Waals surface area contributed by atoms with Crippen LogP contribution < -0.4 is 16.0 Å². The van der Waals surface area contributed by atoms with Gasteiger partial charge < -0.3 is 10.6 Å². The number of rotatable bonds is 7. The first-order chi connectivity index (χ1) is 11.3. The van der Waals surface area contributed by atoms with Gasteiger partial charge in [-0.3, -0.25) is 19.8 Å². The molecule has 7 nitrogen and oxygen atoms in total. The van der Waals surface area contributed by atoms with Gasteiger partial charge in [0.05, 0.1) is 13.1 Å². The van der Waals surface area contributed by atoms with Crippen molar-refractivity contribution in [2.75, 3.05) is 32.0 Å². The van der Waals surface area contributed by atoms with Gasteiger partial charge >= 0.3 is 6.03 Å². The highest BCUT2D eigenvalue weighted by atomic mass is 79.9. The molecule has 1 aromatic carbocycles. The van der Waals surface area contributed by atoms with E-state index >= 15 is 0 Å². The molecule has 0 aliphatic carbocycles. The molecule has 0 fully saturated rings. The van der Waals surface area contributed by atoms with Crippen LogP contribution in [0.1, 0.15) is 5.56 Å². The summed E-state index contributed by atoms with van der Waals surface area (Å²) in [6.45, 7) is 5.56. The Morgan fingerprint density at radius 3 is 2.54 bits per heavy atom. The molecule has 1 aromatic rings. The summed E-state index contributed by atoms with van der Waals surface area (Å²) in [4.78, 5) is 36.5. The third kappa shape index (κ3) is 7.38. The van der Waals surface area contributed by atoms with Crippen LogP contribution in [-0.4, -0.2) is 49.4 Å². The van der Waals surface area contributed by atoms with E-state index in [0.29, 0.717) is 5.69 Å². The van der Waals surface area contributed by atoms with Crippen LogP contribution >= 0.6 is 15.9 Å². The number of carbonyl (C=O) groups excluding carboxylic acids is 3. The van der Waals surface area contributed by atoms with E-state index < -0.39 is 11.9 Å². The molecule has 130 valence electrons. The first-order valence-corrected chi connectivity index (χ1v) is 8.04. The first kappa shape index (κ1) is 19.9. The van der Waals surface area contributed by atoms with Crippen LogP contribution in [0.15, 0.2) is 35.3 Å². The van der Waals surface area contributed by atoms with Crippen molar-refractivity contribution in [3.63, 3.8) is 0 Å². The van der Waals surface area contributed by atoms with Gasteiger partial charge in [0.1, 0.15) is 0 Å². The highest BCUT2D eigenvalue weighted by Gasteiger charge is 2.13. The second-order valence-corrected chi connectivity index (χ2v) is 6.14. The lowest BCUT2D eigenvalue weighted by molar-refractivity contribution is -0.122. The van der Waals surface area contributed by atoms with E-state index in [0.717, 1.165) is 10.0 Å². The summed E-state index contributed by atoms with van der Waals surface area (Å²) >= 11 is 3.36. The molecule has 0 aromatic heterocycles. The molecule has 0 saturated heterocycles. The molecule has 0 spiro atoms. The Bertz CT molecular complexity index is 634. The maximum atomic E-state index is 12.0. The normalized spacial score (nSPS) is 10.2. The van der Waals surface area contributed by atoms with Gasteiger partial charge in [-0.1, -0.05) is 22.0 Å². The van der Waals surface area contributed by atoms with Gasteiger partial charge in [-0.05, 0) is 37.7 Å². The quantitative estimate of drug-likeness (QED) is 0.611. The fourth-order valence-corrected chi connectivity index (χ4v) is 2.35. The number of halogens is 1. The van der Waals surface area contributed by atoms with Crippen molar-refractivity contribution in [3.8, 4) is 0 Å². The summed E-state index contributed by atoms with van der Waals surface area (Å²) in [6.07, 6.45) is 1.50. The number of aryl methyl sites for hydroxylation is 1. The Labute approximate surface area is 149 Å². The second kappa shape index (κ2) is 9.84. The summed E-state index contributed by atoms with van der Waals surface area (Å²) in [5, 5.41) is 7.39. The molecular formula is C16H21BrN4O3. The second-order valence-electron chi connectivity index (χ2n) is 5.23. The van der Waals surface area contributed by atoms with E-state index in [1.165, 1.54) is 11.0 Å². The predicted octanol–water partition coefficient (Wildman–Crippen LogP) is 1.64. The SMILES string of the molecule is C=CCNC(=O)NC(=O)CN(C)CC(=O)Nc1ccc(Br)cc1C. The van der Waals surface area contributed by atoms with E-state index in [-0.39, 0.29) is 25.5 Å². The number of nitrogens with zero attached hydrogens (tertiary/aromatic N) is 1. The molecule has 0 aliphatic heterocycles. The van der Waals surface area contributed by atoms with Crippen molar-refractivity contribution in [3.05, 3.63) is 40.9 Å². The van der Waals surface area contributed by atoms with Gasteiger partial charge in [0.25, 0.3) is 0 Å². The number of carbonyl (C=O) groups is 3. The average Bonchev–Trinajstić information content (AvgIpc) is 2.47. The first-order valence-electron chi connectivity index (χ1n) is 7.25. The minimum atomic E-state index is -0.594. The number of likely N-dealkylation sites (N-methyl/N-ethyl adjacent to an activating group) is 1. The molecule has 0 heterocycles. The number of benzene rings is 1. The number of urea groups is 1. The third-order valence-electron chi connectivity index (χ3n) is 2.95. The van der Waals surface area contributed by atoms with Crippen molar-refractivity contribution in [2.45, 2.75) is 6.92 Å². The smallest absolute Gasteiger partial charge is 0.321 e. The van der Waals surface area contributed by atoms with Gasteiger partial charge in [-0.25, -0.2) is 4.79 Å². The van der Waals surface area contributed by atoms with Crippen LogP contribution in [0, 0.1) is 6.92 Å². The van der Waals surface area contributed by atoms with Gasteiger partial charge in [0.2, 0.25) is 11.8 Å². The fourth-order valence-electron chi connectivity index (χ4n) is 1.88. The summed E-state index contributed by atoms with van der Waals surface area (Å²) in [5.74, 6) is -0.737. The van der Waals surface area contributed by atoms with Crippen LogP contribution in [0.4, 0.5) is 10.5 Å². The molecule has 1 rings (SSSR count). The molecule has 0 radical (unpaired) electrons. The van der Waals surface area contributed by atoms with Crippen molar-refractivity contribution >= 4 is 39.5 Å². The van der Waals surface area contributed by atoms with E-state index in [2.05, 4.69) is 38.5 Å². The minimum Gasteiger partial charge on any atom is -0.334 e. The number of imide groups is 1. The summed E-state index contributed by atoms with van der Waals surface area (Å²) in [6, 6.07) is 4.94. The zero-order chi connectivity index (χ0) is 18.1. The largest absolute Gasteiger partial charge is 0.334 e. The van der Waals surface area contributed by atoms with Crippen LogP contribution in [-0.2, 0) is 9.59 Å². The van der Waals surface area contributed by atoms with E-state index in [1.807, 2.05) is 19.1 Å². The zero-order valence-electron chi connectivity index (χ0n) is 13.7. The van der Waals surface area contributed by atoms with Gasteiger partial charge in [-0.2, -0.15) is 0 Å². The molecule has 0 atom stereocenters.